The summed E-state index contributed by atoms with van der Waals surface area (Å²) in [4.78, 5) is 20.6. The highest BCUT2D eigenvalue weighted by molar-refractivity contribution is 6.02. The van der Waals surface area contributed by atoms with Gasteiger partial charge in [-0.3, -0.25) is 20.0 Å². The van der Waals surface area contributed by atoms with Gasteiger partial charge in [-0.2, -0.15) is 0 Å². The van der Waals surface area contributed by atoms with E-state index in [0.717, 1.165) is 50.4 Å². The number of nitrogens with two attached hydrogens (primary N) is 1. The molecule has 8 heteroatoms. The zero-order valence-corrected chi connectivity index (χ0v) is 14.0. The minimum atomic E-state index is -0.776. The Labute approximate surface area is 146 Å². The lowest BCUT2D eigenvalue weighted by Gasteiger charge is -2.34. The zero-order valence-electron chi connectivity index (χ0n) is 14.0. The smallest absolute Gasteiger partial charge is 0.317 e. The van der Waals surface area contributed by atoms with Crippen LogP contribution in [0.2, 0.25) is 0 Å². The molecule has 2 aliphatic heterocycles. The number of carboxylic acids is 1. The quantitative estimate of drug-likeness (QED) is 0.500. The summed E-state index contributed by atoms with van der Waals surface area (Å²) in [5.74, 6) is -0.725. The Bertz CT molecular complexity index is 665. The average molecular weight is 345 g/mol. The van der Waals surface area contributed by atoms with Gasteiger partial charge in [0.2, 0.25) is 0 Å². The van der Waals surface area contributed by atoms with Gasteiger partial charge in [0.25, 0.3) is 0 Å². The van der Waals surface area contributed by atoms with Gasteiger partial charge < -0.3 is 15.7 Å². The van der Waals surface area contributed by atoms with Crippen molar-refractivity contribution in [2.75, 3.05) is 39.3 Å². The average Bonchev–Trinajstić information content (AvgIpc) is 3.05. The van der Waals surface area contributed by atoms with Crippen LogP contribution in [0.15, 0.2) is 29.4 Å². The summed E-state index contributed by atoms with van der Waals surface area (Å²) in [6, 6.07) is 7.45. The van der Waals surface area contributed by atoms with Gasteiger partial charge in [-0.25, -0.2) is 0 Å². The van der Waals surface area contributed by atoms with Crippen LogP contribution in [0.4, 0.5) is 0 Å². The van der Waals surface area contributed by atoms with Crippen molar-refractivity contribution < 1.29 is 14.7 Å². The molecule has 0 amide bonds. The first-order chi connectivity index (χ1) is 12.0. The second kappa shape index (κ2) is 7.62. The highest BCUT2D eigenvalue weighted by Crippen LogP contribution is 2.18. The van der Waals surface area contributed by atoms with Gasteiger partial charge in [0, 0.05) is 44.7 Å². The predicted octanol–water partition coefficient (Wildman–Crippen LogP) is 0.166. The third kappa shape index (κ3) is 4.55. The molecular formula is C17H23N5O3. The molecule has 0 radical (unpaired) electrons. The van der Waals surface area contributed by atoms with E-state index in [9.17, 15) is 4.79 Å². The molecule has 1 fully saturated rings. The lowest BCUT2D eigenvalue weighted by atomic mass is 10.0. The van der Waals surface area contributed by atoms with E-state index in [1.807, 2.05) is 29.2 Å². The molecule has 8 nitrogen and oxygen atoms in total. The molecule has 1 aromatic carbocycles. The number of nitrogen functional groups attached to an aromatic ring is 1. The highest BCUT2D eigenvalue weighted by atomic mass is 16.6. The van der Waals surface area contributed by atoms with E-state index in [1.54, 1.807) is 0 Å². The van der Waals surface area contributed by atoms with E-state index in [-0.39, 0.29) is 18.5 Å². The topological polar surface area (TPSA) is 115 Å². The van der Waals surface area contributed by atoms with Crippen LogP contribution in [0.25, 0.3) is 0 Å². The standard InChI is InChI=1S/C17H23N5O3/c18-17(19)13-3-1-12(2-4-13)15-9-14(25-20-15)10-21-5-7-22(8-6-21)11-16(23)24/h1-4,14H,5-11H2,(H3,18,19)(H,23,24)/t14-/m0/s1. The maximum Gasteiger partial charge on any atom is 0.317 e. The highest BCUT2D eigenvalue weighted by Gasteiger charge is 2.26. The van der Waals surface area contributed by atoms with Gasteiger partial charge in [0.05, 0.1) is 12.3 Å². The summed E-state index contributed by atoms with van der Waals surface area (Å²) in [5.41, 5.74) is 8.05. The normalized spacial score (nSPS) is 21.6. The number of aliphatic carboxylic acids is 1. The molecule has 1 aromatic rings. The number of carboxylic acid groups (broad SMARTS) is 1. The summed E-state index contributed by atoms with van der Waals surface area (Å²) >= 11 is 0. The molecule has 1 atom stereocenters. The number of rotatable bonds is 6. The maximum absolute atomic E-state index is 10.7. The third-order valence-corrected chi connectivity index (χ3v) is 4.55. The van der Waals surface area contributed by atoms with Crippen molar-refractivity contribution >= 4 is 17.5 Å². The van der Waals surface area contributed by atoms with E-state index in [0.29, 0.717) is 5.56 Å². The van der Waals surface area contributed by atoms with Gasteiger partial charge in [-0.05, 0) is 5.56 Å². The van der Waals surface area contributed by atoms with Crippen LogP contribution in [0.5, 0.6) is 0 Å². The van der Waals surface area contributed by atoms with Crippen molar-refractivity contribution in [3.63, 3.8) is 0 Å². The number of oxime groups is 1. The van der Waals surface area contributed by atoms with E-state index in [2.05, 4.69) is 10.1 Å². The molecule has 0 spiro atoms. The Morgan fingerprint density at radius 3 is 2.48 bits per heavy atom. The number of benzene rings is 1. The van der Waals surface area contributed by atoms with E-state index in [1.165, 1.54) is 0 Å². The van der Waals surface area contributed by atoms with E-state index >= 15 is 0 Å². The van der Waals surface area contributed by atoms with Crippen LogP contribution in [-0.2, 0) is 9.63 Å². The molecule has 0 unspecified atom stereocenters. The van der Waals surface area contributed by atoms with Gasteiger partial charge in [-0.1, -0.05) is 29.4 Å². The van der Waals surface area contributed by atoms with Crippen molar-refractivity contribution in [2.24, 2.45) is 10.9 Å². The Hall–Kier alpha value is -2.45. The molecule has 25 heavy (non-hydrogen) atoms. The maximum atomic E-state index is 10.7. The van der Waals surface area contributed by atoms with Gasteiger partial charge in [0.15, 0.2) is 0 Å². The minimum Gasteiger partial charge on any atom is -0.480 e. The number of piperazine rings is 1. The Balaban J connectivity index is 1.47. The van der Waals surface area contributed by atoms with Crippen LogP contribution in [0.1, 0.15) is 17.5 Å². The summed E-state index contributed by atoms with van der Waals surface area (Å²) in [6.45, 7) is 4.11. The minimum absolute atomic E-state index is 0.0218. The monoisotopic (exact) mass is 345 g/mol. The molecule has 0 aromatic heterocycles. The Morgan fingerprint density at radius 1 is 1.24 bits per heavy atom. The summed E-state index contributed by atoms with van der Waals surface area (Å²) in [7, 11) is 0. The SMILES string of the molecule is N=C(N)c1ccc(C2=NO[C@H](CN3CCN(CC(=O)O)CC3)C2)cc1. The van der Waals surface area contributed by atoms with Crippen LogP contribution in [-0.4, -0.2) is 77.8 Å². The summed E-state index contributed by atoms with van der Waals surface area (Å²) < 4.78 is 0. The molecular weight excluding hydrogens is 322 g/mol. The number of carbonyl (C=O) groups is 1. The van der Waals surface area contributed by atoms with E-state index in [4.69, 9.17) is 21.1 Å². The predicted molar refractivity (Wildman–Crippen MR) is 94.0 cm³/mol. The zero-order chi connectivity index (χ0) is 17.8. The Morgan fingerprint density at radius 2 is 1.88 bits per heavy atom. The number of nitrogens with one attached hydrogen (secondary N) is 1. The van der Waals surface area contributed by atoms with Crippen LogP contribution < -0.4 is 5.73 Å². The molecule has 0 saturated carbocycles. The van der Waals surface area contributed by atoms with Crippen molar-refractivity contribution in [3.05, 3.63) is 35.4 Å². The van der Waals surface area contributed by atoms with Crippen molar-refractivity contribution in [1.82, 2.24) is 9.80 Å². The molecule has 0 bridgehead atoms. The fourth-order valence-corrected chi connectivity index (χ4v) is 3.15. The molecule has 2 heterocycles. The molecule has 0 aliphatic carbocycles. The number of hydrogen-bond acceptors (Lipinski definition) is 6. The molecule has 3 rings (SSSR count). The first-order valence-corrected chi connectivity index (χ1v) is 8.35. The fraction of sp³-hybridized carbons (Fsp3) is 0.471. The van der Waals surface area contributed by atoms with Gasteiger partial charge >= 0.3 is 5.97 Å². The lowest BCUT2D eigenvalue weighted by Crippen LogP contribution is -2.49. The Kier molecular flexibility index (Phi) is 5.30. The van der Waals surface area contributed by atoms with Crippen LogP contribution in [0.3, 0.4) is 0 Å². The van der Waals surface area contributed by atoms with Crippen molar-refractivity contribution in [3.8, 4) is 0 Å². The van der Waals surface area contributed by atoms with Crippen molar-refractivity contribution in [1.29, 1.82) is 5.41 Å². The molecule has 134 valence electrons. The van der Waals surface area contributed by atoms with Crippen LogP contribution in [0, 0.1) is 5.41 Å². The first kappa shape index (κ1) is 17.4. The second-order valence-corrected chi connectivity index (χ2v) is 6.43. The third-order valence-electron chi connectivity index (χ3n) is 4.55. The fourth-order valence-electron chi connectivity index (χ4n) is 3.15. The molecule has 2 aliphatic rings. The lowest BCUT2D eigenvalue weighted by molar-refractivity contribution is -0.138. The van der Waals surface area contributed by atoms with Gasteiger partial charge in [0.1, 0.15) is 11.9 Å². The van der Waals surface area contributed by atoms with Gasteiger partial charge in [-0.15, -0.1) is 0 Å². The van der Waals surface area contributed by atoms with Crippen molar-refractivity contribution in [2.45, 2.75) is 12.5 Å². The first-order valence-electron chi connectivity index (χ1n) is 8.35. The summed E-state index contributed by atoms with van der Waals surface area (Å²) in [6.07, 6.45) is 0.767. The number of nitrogens with zero attached hydrogens (tertiary/aromatic N) is 3. The molecule has 4 N–H and O–H groups in total. The largest absolute Gasteiger partial charge is 0.480 e. The summed E-state index contributed by atoms with van der Waals surface area (Å²) in [5, 5.41) is 20.5. The van der Waals surface area contributed by atoms with E-state index < -0.39 is 5.97 Å². The van der Waals surface area contributed by atoms with Crippen LogP contribution >= 0.6 is 0 Å². The number of hydrogen-bond donors (Lipinski definition) is 3. The second-order valence-electron chi connectivity index (χ2n) is 6.43. The number of amidine groups is 1. The molecule has 1 saturated heterocycles.